The first-order valence-electron chi connectivity index (χ1n) is 13.5. The van der Waals surface area contributed by atoms with Gasteiger partial charge in [-0.15, -0.1) is 0 Å². The highest BCUT2D eigenvalue weighted by Crippen LogP contribution is 2.44. The number of nitrogens with zero attached hydrogens (tertiary/aromatic N) is 2. The number of ether oxygens (including phenoxy) is 2. The number of aryl methyl sites for hydroxylation is 3. The molecule has 0 aliphatic carbocycles. The van der Waals surface area contributed by atoms with E-state index in [1.54, 1.807) is 32.0 Å². The molecule has 42 heavy (non-hydrogen) atoms. The largest absolute Gasteiger partial charge is 0.507 e. The van der Waals surface area contributed by atoms with Crippen molar-refractivity contribution in [1.82, 2.24) is 4.98 Å². The Kier molecular flexibility index (Phi) is 8.22. The van der Waals surface area contributed by atoms with Crippen LogP contribution in [-0.2, 0) is 27.4 Å². The lowest BCUT2D eigenvalue weighted by Crippen LogP contribution is -2.29. The number of carbonyl (C=O) groups excluding carboxylic acids is 3. The molecule has 9 heteroatoms. The van der Waals surface area contributed by atoms with Crippen molar-refractivity contribution < 1.29 is 29.0 Å². The molecule has 8 nitrogen and oxygen atoms in total. The number of ketones is 1. The molecule has 1 N–H and O–H groups in total. The lowest BCUT2D eigenvalue weighted by Gasteiger charge is -2.23. The van der Waals surface area contributed by atoms with Gasteiger partial charge in [0.05, 0.1) is 24.4 Å². The first-order valence-corrected chi connectivity index (χ1v) is 14.3. The zero-order valence-electron chi connectivity index (χ0n) is 23.7. The Morgan fingerprint density at radius 1 is 1.00 bits per heavy atom. The van der Waals surface area contributed by atoms with Crippen molar-refractivity contribution in [2.24, 2.45) is 0 Å². The molecular formula is C33H30N2O6S. The normalized spacial score (nSPS) is 16.1. The average molecular weight is 583 g/mol. The van der Waals surface area contributed by atoms with E-state index in [1.807, 2.05) is 61.5 Å². The van der Waals surface area contributed by atoms with Crippen molar-refractivity contribution in [3.63, 3.8) is 0 Å². The number of Topliss-reactive ketones (excluding diaryl/α,β-unsaturated/α-hetero) is 1. The van der Waals surface area contributed by atoms with Crippen LogP contribution in [0.4, 0.5) is 5.13 Å². The van der Waals surface area contributed by atoms with E-state index in [1.165, 1.54) is 12.0 Å². The molecule has 0 unspecified atom stereocenters. The molecule has 1 aliphatic rings. The van der Waals surface area contributed by atoms with Crippen LogP contribution in [0.3, 0.4) is 0 Å². The molecule has 4 aromatic rings. The number of aliphatic hydroxyl groups excluding tert-OH is 1. The average Bonchev–Trinajstić information content (AvgIpc) is 3.52. The van der Waals surface area contributed by atoms with Crippen LogP contribution in [0, 0.1) is 13.8 Å². The van der Waals surface area contributed by atoms with Gasteiger partial charge in [-0.1, -0.05) is 72.9 Å². The van der Waals surface area contributed by atoms with Crippen LogP contribution in [0.25, 0.3) is 5.76 Å². The van der Waals surface area contributed by atoms with Gasteiger partial charge in [-0.2, -0.15) is 0 Å². The first-order chi connectivity index (χ1) is 20.2. The molecule has 214 valence electrons. The third-order valence-corrected chi connectivity index (χ3v) is 8.35. The minimum Gasteiger partial charge on any atom is -0.507 e. The Balaban J connectivity index is 1.58. The Morgan fingerprint density at radius 2 is 1.71 bits per heavy atom. The molecule has 1 aliphatic heterocycles. The summed E-state index contributed by atoms with van der Waals surface area (Å²) in [6.45, 7) is 5.85. The van der Waals surface area contributed by atoms with E-state index >= 15 is 0 Å². The molecule has 1 fully saturated rings. The monoisotopic (exact) mass is 582 g/mol. The minimum absolute atomic E-state index is 0.0576. The zero-order valence-corrected chi connectivity index (χ0v) is 24.5. The van der Waals surface area contributed by atoms with Gasteiger partial charge in [0.25, 0.3) is 5.78 Å². The highest BCUT2D eigenvalue weighted by Gasteiger charge is 2.48. The van der Waals surface area contributed by atoms with Crippen molar-refractivity contribution in [1.29, 1.82) is 0 Å². The summed E-state index contributed by atoms with van der Waals surface area (Å²) in [5.41, 5.74) is 4.12. The summed E-state index contributed by atoms with van der Waals surface area (Å²) in [4.78, 5) is 45.4. The smallest absolute Gasteiger partial charge is 0.350 e. The van der Waals surface area contributed by atoms with Gasteiger partial charge in [0, 0.05) is 5.56 Å². The van der Waals surface area contributed by atoms with Gasteiger partial charge < -0.3 is 14.6 Å². The molecular weight excluding hydrogens is 552 g/mol. The second-order valence-electron chi connectivity index (χ2n) is 9.92. The van der Waals surface area contributed by atoms with Crippen LogP contribution in [0.1, 0.15) is 56.1 Å². The summed E-state index contributed by atoms with van der Waals surface area (Å²) in [5, 5.41) is 11.8. The molecule has 1 aromatic heterocycles. The van der Waals surface area contributed by atoms with Crippen molar-refractivity contribution in [3.05, 3.63) is 117 Å². The van der Waals surface area contributed by atoms with E-state index in [2.05, 4.69) is 4.98 Å². The second kappa shape index (κ2) is 12.0. The number of aliphatic hydroxyl groups is 1. The van der Waals surface area contributed by atoms with Gasteiger partial charge in [-0.05, 0) is 60.7 Å². The maximum Gasteiger partial charge on any atom is 0.350 e. The number of amides is 1. The van der Waals surface area contributed by atoms with Gasteiger partial charge >= 0.3 is 11.9 Å². The third-order valence-electron chi connectivity index (χ3n) is 7.21. The molecule has 5 rings (SSSR count). The van der Waals surface area contributed by atoms with Crippen molar-refractivity contribution in [2.75, 3.05) is 12.0 Å². The summed E-state index contributed by atoms with van der Waals surface area (Å²) in [6, 6.07) is 21.5. The molecule has 0 saturated carbocycles. The van der Waals surface area contributed by atoms with Crippen LogP contribution in [0.15, 0.2) is 78.4 Å². The summed E-state index contributed by atoms with van der Waals surface area (Å²) in [7, 11) is 1.27. The summed E-state index contributed by atoms with van der Waals surface area (Å²) < 4.78 is 10.8. The Hall–Kier alpha value is -4.76. The van der Waals surface area contributed by atoms with E-state index in [0.717, 1.165) is 28.9 Å². The van der Waals surface area contributed by atoms with Gasteiger partial charge in [0.1, 0.15) is 23.0 Å². The van der Waals surface area contributed by atoms with E-state index in [0.29, 0.717) is 34.7 Å². The number of thiazole rings is 1. The van der Waals surface area contributed by atoms with Crippen LogP contribution in [-0.4, -0.2) is 34.9 Å². The fourth-order valence-corrected chi connectivity index (χ4v) is 5.94. The number of esters is 1. The molecule has 1 atom stereocenters. The highest BCUT2D eigenvalue weighted by atomic mass is 32.1. The number of methoxy groups -OCH3 is 1. The molecule has 2 heterocycles. The van der Waals surface area contributed by atoms with E-state index in [4.69, 9.17) is 9.47 Å². The summed E-state index contributed by atoms with van der Waals surface area (Å²) in [5.74, 6) is -1.95. The standard InChI is InChI=1S/C33H30N2O6S/c1-5-21-11-13-23(14-12-21)27-26(29(37)31(38)35(27)33-34-20(3)30(42-33)32(39)40-4)28(36)25-16-15-24(17-19(25)2)41-18-22-9-7-6-8-10-22/h6-17,27,36H,5,18H2,1-4H3/b28-26+/t27-/m1/s1. The highest BCUT2D eigenvalue weighted by molar-refractivity contribution is 7.17. The summed E-state index contributed by atoms with van der Waals surface area (Å²) in [6.07, 6.45) is 0.812. The van der Waals surface area contributed by atoms with Crippen LogP contribution >= 0.6 is 11.3 Å². The molecule has 0 bridgehead atoms. The van der Waals surface area contributed by atoms with Crippen LogP contribution in [0.2, 0.25) is 0 Å². The van der Waals surface area contributed by atoms with Gasteiger partial charge in [0.15, 0.2) is 5.13 Å². The minimum atomic E-state index is -0.958. The number of aromatic nitrogens is 1. The van der Waals surface area contributed by atoms with Crippen molar-refractivity contribution >= 4 is 39.9 Å². The predicted octanol–water partition coefficient (Wildman–Crippen LogP) is 6.31. The number of anilines is 1. The molecule has 1 saturated heterocycles. The van der Waals surface area contributed by atoms with Crippen molar-refractivity contribution in [3.8, 4) is 5.75 Å². The van der Waals surface area contributed by atoms with Gasteiger partial charge in [-0.3, -0.25) is 14.5 Å². The van der Waals surface area contributed by atoms with Gasteiger partial charge in [-0.25, -0.2) is 9.78 Å². The maximum absolute atomic E-state index is 13.6. The topological polar surface area (TPSA) is 106 Å². The van der Waals surface area contributed by atoms with Crippen LogP contribution in [0.5, 0.6) is 5.75 Å². The lowest BCUT2D eigenvalue weighted by atomic mass is 9.93. The molecule has 0 spiro atoms. The molecule has 1 amide bonds. The van der Waals surface area contributed by atoms with E-state index < -0.39 is 23.7 Å². The Morgan fingerprint density at radius 3 is 2.36 bits per heavy atom. The predicted molar refractivity (Wildman–Crippen MR) is 161 cm³/mol. The summed E-state index contributed by atoms with van der Waals surface area (Å²) >= 11 is 0.966. The quantitative estimate of drug-likeness (QED) is 0.112. The molecule has 3 aromatic carbocycles. The number of carbonyl (C=O) groups is 3. The Labute approximate surface area is 247 Å². The van der Waals surface area contributed by atoms with E-state index in [-0.39, 0.29) is 21.3 Å². The number of hydrogen-bond acceptors (Lipinski definition) is 8. The lowest BCUT2D eigenvalue weighted by molar-refractivity contribution is -0.132. The second-order valence-corrected chi connectivity index (χ2v) is 10.9. The third kappa shape index (κ3) is 5.43. The zero-order chi connectivity index (χ0) is 30.0. The number of rotatable bonds is 8. The van der Waals surface area contributed by atoms with E-state index in [9.17, 15) is 19.5 Å². The van der Waals surface area contributed by atoms with Crippen LogP contribution < -0.4 is 9.64 Å². The van der Waals surface area contributed by atoms with Gasteiger partial charge in [0.2, 0.25) is 0 Å². The number of hydrogen-bond donors (Lipinski definition) is 1. The fourth-order valence-electron chi connectivity index (χ4n) is 4.93. The first kappa shape index (κ1) is 28.8. The number of benzene rings is 3. The fraction of sp³-hybridized carbons (Fsp3) is 0.212. The SMILES string of the molecule is CCc1ccc([C@@H]2/C(=C(\O)c3ccc(OCc4ccccc4)cc3C)C(=O)C(=O)N2c2nc(C)c(C(=O)OC)s2)cc1. The van der Waals surface area contributed by atoms with Crippen molar-refractivity contribution in [2.45, 2.75) is 39.8 Å². The Bertz CT molecular complexity index is 1690. The maximum atomic E-state index is 13.6. The molecule has 0 radical (unpaired) electrons.